The number of halogens is 2. The van der Waals surface area contributed by atoms with Crippen molar-refractivity contribution in [2.75, 3.05) is 5.75 Å². The molecule has 0 amide bonds. The van der Waals surface area contributed by atoms with E-state index in [1.165, 1.54) is 12.1 Å². The van der Waals surface area contributed by atoms with Crippen LogP contribution in [-0.4, -0.2) is 17.0 Å². The Kier molecular flexibility index (Phi) is 4.22. The summed E-state index contributed by atoms with van der Waals surface area (Å²) >= 11 is 1.65. The zero-order valence-electron chi connectivity index (χ0n) is 10.4. The van der Waals surface area contributed by atoms with Crippen molar-refractivity contribution < 1.29 is 8.78 Å². The molecule has 1 atom stereocenters. The van der Waals surface area contributed by atoms with Crippen molar-refractivity contribution in [1.82, 2.24) is 5.32 Å². The summed E-state index contributed by atoms with van der Waals surface area (Å²) in [5.74, 6) is 0.440. The van der Waals surface area contributed by atoms with Gasteiger partial charge in [0.25, 0.3) is 0 Å². The molecule has 0 unspecified atom stereocenters. The zero-order chi connectivity index (χ0) is 13.1. The average molecular weight is 270 g/mol. The summed E-state index contributed by atoms with van der Waals surface area (Å²) in [6, 6.07) is 4.01. The molecule has 1 aliphatic rings. The highest BCUT2D eigenvalue weighted by Crippen LogP contribution is 2.20. The van der Waals surface area contributed by atoms with E-state index in [0.29, 0.717) is 17.5 Å². The van der Waals surface area contributed by atoms with E-state index < -0.39 is 11.6 Å². The fourth-order valence-electron chi connectivity index (χ4n) is 1.67. The van der Waals surface area contributed by atoms with Gasteiger partial charge in [0.1, 0.15) is 11.6 Å². The highest BCUT2D eigenvalue weighted by molar-refractivity contribution is 8.14. The van der Waals surface area contributed by atoms with Gasteiger partial charge in [-0.1, -0.05) is 31.7 Å². The standard InChI is InChI=1S/C13H16F2N2S/c1-8(2)12-7-18-13(17-12)16-6-9-3-4-10(14)5-11(9)15/h3-5,8,12H,6-7H2,1-2H3,(H,16,17)/t12-/m1/s1. The van der Waals surface area contributed by atoms with Gasteiger partial charge in [-0.05, 0) is 12.0 Å². The zero-order valence-corrected chi connectivity index (χ0v) is 11.2. The second-order valence-electron chi connectivity index (χ2n) is 4.66. The number of hydrogen-bond acceptors (Lipinski definition) is 2. The van der Waals surface area contributed by atoms with Crippen LogP contribution in [0.1, 0.15) is 19.4 Å². The number of rotatable bonds is 3. The molecule has 0 spiro atoms. The molecule has 98 valence electrons. The Labute approximate surface area is 110 Å². The van der Waals surface area contributed by atoms with Gasteiger partial charge in [-0.15, -0.1) is 0 Å². The molecular weight excluding hydrogens is 254 g/mol. The van der Waals surface area contributed by atoms with Crippen LogP contribution in [0.4, 0.5) is 8.78 Å². The van der Waals surface area contributed by atoms with Crippen LogP contribution >= 0.6 is 11.8 Å². The first-order valence-electron chi connectivity index (χ1n) is 5.94. The largest absolute Gasteiger partial charge is 0.361 e. The lowest BCUT2D eigenvalue weighted by atomic mass is 10.1. The number of nitrogens with one attached hydrogen (secondary N) is 1. The molecule has 1 aromatic rings. The van der Waals surface area contributed by atoms with Crippen molar-refractivity contribution in [1.29, 1.82) is 0 Å². The monoisotopic (exact) mass is 270 g/mol. The molecule has 18 heavy (non-hydrogen) atoms. The topological polar surface area (TPSA) is 24.4 Å². The van der Waals surface area contributed by atoms with Crippen LogP contribution in [-0.2, 0) is 6.54 Å². The molecule has 1 saturated heterocycles. The van der Waals surface area contributed by atoms with Gasteiger partial charge < -0.3 is 5.32 Å². The molecule has 0 aliphatic carbocycles. The van der Waals surface area contributed by atoms with Crippen molar-refractivity contribution in [3.63, 3.8) is 0 Å². The van der Waals surface area contributed by atoms with Crippen molar-refractivity contribution in [3.8, 4) is 0 Å². The van der Waals surface area contributed by atoms with Crippen LogP contribution in [0.2, 0.25) is 0 Å². The van der Waals surface area contributed by atoms with E-state index in [4.69, 9.17) is 0 Å². The number of thioether (sulfide) groups is 1. The number of aliphatic imine (C=N–C) groups is 1. The lowest BCUT2D eigenvalue weighted by molar-refractivity contribution is 0.503. The van der Waals surface area contributed by atoms with Gasteiger partial charge in [0, 0.05) is 23.4 Å². The Bertz CT molecular complexity index is 460. The van der Waals surface area contributed by atoms with E-state index in [2.05, 4.69) is 24.2 Å². The van der Waals surface area contributed by atoms with Crippen LogP contribution < -0.4 is 5.32 Å². The van der Waals surface area contributed by atoms with E-state index in [1.54, 1.807) is 11.8 Å². The first kappa shape index (κ1) is 13.3. The molecule has 0 radical (unpaired) electrons. The second kappa shape index (κ2) is 5.69. The van der Waals surface area contributed by atoms with Crippen molar-refractivity contribution >= 4 is 16.9 Å². The molecule has 2 rings (SSSR count). The fourth-order valence-corrected chi connectivity index (χ4v) is 2.86. The Morgan fingerprint density at radius 1 is 1.44 bits per heavy atom. The molecule has 0 bridgehead atoms. The maximum atomic E-state index is 13.4. The third-order valence-electron chi connectivity index (χ3n) is 2.92. The highest BCUT2D eigenvalue weighted by atomic mass is 32.2. The molecule has 2 nitrogen and oxygen atoms in total. The molecule has 1 heterocycles. The Morgan fingerprint density at radius 3 is 2.83 bits per heavy atom. The van der Waals surface area contributed by atoms with Crippen LogP contribution in [0.3, 0.4) is 0 Å². The molecule has 5 heteroatoms. The minimum Gasteiger partial charge on any atom is -0.361 e. The smallest absolute Gasteiger partial charge is 0.157 e. The van der Waals surface area contributed by atoms with E-state index in [1.807, 2.05) is 0 Å². The number of hydrogen-bond donors (Lipinski definition) is 1. The maximum Gasteiger partial charge on any atom is 0.157 e. The second-order valence-corrected chi connectivity index (χ2v) is 5.67. The van der Waals surface area contributed by atoms with Gasteiger partial charge in [-0.25, -0.2) is 8.78 Å². The number of amidine groups is 1. The van der Waals surface area contributed by atoms with Gasteiger partial charge in [0.15, 0.2) is 5.17 Å². The van der Waals surface area contributed by atoms with Gasteiger partial charge in [-0.3, -0.25) is 4.99 Å². The van der Waals surface area contributed by atoms with Gasteiger partial charge >= 0.3 is 0 Å². The van der Waals surface area contributed by atoms with E-state index in [-0.39, 0.29) is 6.54 Å². The van der Waals surface area contributed by atoms with Crippen LogP contribution in [0.15, 0.2) is 23.2 Å². The summed E-state index contributed by atoms with van der Waals surface area (Å²) in [5, 5.41) is 4.15. The molecule has 0 aromatic heterocycles. The van der Waals surface area contributed by atoms with Gasteiger partial charge in [0.05, 0.1) is 6.54 Å². The third-order valence-corrected chi connectivity index (χ3v) is 3.97. The molecule has 1 fully saturated rings. The fraction of sp³-hybridized carbons (Fsp3) is 0.462. The van der Waals surface area contributed by atoms with Gasteiger partial charge in [-0.2, -0.15) is 0 Å². The molecule has 1 aliphatic heterocycles. The van der Waals surface area contributed by atoms with E-state index in [0.717, 1.165) is 17.0 Å². The molecule has 1 N–H and O–H groups in total. The predicted molar refractivity (Wildman–Crippen MR) is 71.7 cm³/mol. The lowest BCUT2D eigenvalue weighted by Gasteiger charge is -2.13. The highest BCUT2D eigenvalue weighted by Gasteiger charge is 2.22. The quantitative estimate of drug-likeness (QED) is 0.912. The normalized spacial score (nSPS) is 21.6. The SMILES string of the molecule is CC(C)[C@H]1CSC(=NCc2ccc(F)cc2F)N1. The Hall–Kier alpha value is -1.10. The summed E-state index contributed by atoms with van der Waals surface area (Å²) in [7, 11) is 0. The van der Waals surface area contributed by atoms with Crippen LogP contribution in [0.25, 0.3) is 0 Å². The number of nitrogens with zero attached hydrogens (tertiary/aromatic N) is 1. The number of benzene rings is 1. The van der Waals surface area contributed by atoms with E-state index >= 15 is 0 Å². The minimum absolute atomic E-state index is 0.242. The summed E-state index contributed by atoms with van der Waals surface area (Å²) in [6.07, 6.45) is 0. The Morgan fingerprint density at radius 2 is 2.22 bits per heavy atom. The van der Waals surface area contributed by atoms with Crippen molar-refractivity contribution in [3.05, 3.63) is 35.4 Å². The molecular formula is C13H16F2N2S. The lowest BCUT2D eigenvalue weighted by Crippen LogP contribution is -2.31. The van der Waals surface area contributed by atoms with Crippen molar-refractivity contribution in [2.45, 2.75) is 26.4 Å². The molecule has 0 saturated carbocycles. The Balaban J connectivity index is 1.99. The van der Waals surface area contributed by atoms with Crippen molar-refractivity contribution in [2.24, 2.45) is 10.9 Å². The predicted octanol–water partition coefficient (Wildman–Crippen LogP) is 3.18. The summed E-state index contributed by atoms with van der Waals surface area (Å²) in [4.78, 5) is 4.32. The first-order chi connectivity index (χ1) is 8.56. The average Bonchev–Trinajstić information content (AvgIpc) is 2.76. The summed E-state index contributed by atoms with van der Waals surface area (Å²) < 4.78 is 26.1. The molecule has 1 aromatic carbocycles. The first-order valence-corrected chi connectivity index (χ1v) is 6.92. The third kappa shape index (κ3) is 3.22. The van der Waals surface area contributed by atoms with Crippen LogP contribution in [0, 0.1) is 17.6 Å². The van der Waals surface area contributed by atoms with E-state index in [9.17, 15) is 8.78 Å². The summed E-state index contributed by atoms with van der Waals surface area (Å²) in [5.41, 5.74) is 0.416. The minimum atomic E-state index is -0.558. The van der Waals surface area contributed by atoms with Crippen LogP contribution in [0.5, 0.6) is 0 Å². The summed E-state index contributed by atoms with van der Waals surface area (Å²) in [6.45, 7) is 4.55. The van der Waals surface area contributed by atoms with Gasteiger partial charge in [0.2, 0.25) is 0 Å². The maximum absolute atomic E-state index is 13.4.